The molecular weight excluding hydrogens is 477 g/mol. The van der Waals surface area contributed by atoms with Gasteiger partial charge in [-0.2, -0.15) is 0 Å². The Morgan fingerprint density at radius 2 is 1.74 bits per heavy atom. The number of carboxylic acid groups (broad SMARTS) is 1. The normalized spacial score (nSPS) is 13.1. The molecule has 8 N–H and O–H groups in total. The van der Waals surface area contributed by atoms with Crippen LogP contribution in [0, 0.1) is 16.7 Å². The van der Waals surface area contributed by atoms with Crippen molar-refractivity contribution in [3.8, 4) is 11.1 Å². The molecule has 1 heterocycles. The summed E-state index contributed by atoms with van der Waals surface area (Å²) >= 11 is 0. The minimum atomic E-state index is -0.952. The Balaban J connectivity index is 0.00000363. The highest BCUT2D eigenvalue weighted by Gasteiger charge is 2.19. The maximum atomic E-state index is 11.6. The van der Waals surface area contributed by atoms with Gasteiger partial charge in [0.05, 0.1) is 11.4 Å². The van der Waals surface area contributed by atoms with Crippen LogP contribution in [-0.2, 0) is 6.42 Å². The van der Waals surface area contributed by atoms with E-state index in [1.807, 2.05) is 31.2 Å². The van der Waals surface area contributed by atoms with Crippen LogP contribution in [-0.4, -0.2) is 59.3 Å². The highest BCUT2D eigenvalue weighted by molar-refractivity contribution is 5.96. The van der Waals surface area contributed by atoms with Crippen molar-refractivity contribution in [3.63, 3.8) is 0 Å². The molecule has 0 aromatic heterocycles. The lowest BCUT2D eigenvalue weighted by Gasteiger charge is -2.32. The summed E-state index contributed by atoms with van der Waals surface area (Å²) in [6.07, 6.45) is 2.92. The molecule has 34 heavy (non-hydrogen) atoms. The van der Waals surface area contributed by atoms with E-state index in [2.05, 4.69) is 10.2 Å². The quantitative estimate of drug-likeness (QED) is 0.208. The summed E-state index contributed by atoms with van der Waals surface area (Å²) in [5.41, 5.74) is 9.10. The SMILES string of the molecule is CC(=N)N1CCC(CNCCc2cc(C(=O)O)cc(-c3cccc(C(=N)N)c3)c2)CC1.Cl.Cl.O. The van der Waals surface area contributed by atoms with Gasteiger partial charge in [-0.25, -0.2) is 4.79 Å². The smallest absolute Gasteiger partial charge is 0.335 e. The van der Waals surface area contributed by atoms with Gasteiger partial charge in [0, 0.05) is 18.7 Å². The summed E-state index contributed by atoms with van der Waals surface area (Å²) in [6.45, 7) is 5.46. The molecule has 0 radical (unpaired) electrons. The monoisotopic (exact) mass is 511 g/mol. The molecule has 1 saturated heterocycles. The van der Waals surface area contributed by atoms with Crippen molar-refractivity contribution < 1.29 is 15.4 Å². The van der Waals surface area contributed by atoms with E-state index in [0.717, 1.165) is 62.1 Å². The molecule has 0 spiro atoms. The third-order valence-corrected chi connectivity index (χ3v) is 5.86. The number of hydrogen-bond donors (Lipinski definition) is 5. The van der Waals surface area contributed by atoms with E-state index in [0.29, 0.717) is 17.3 Å². The predicted octanol–water partition coefficient (Wildman–Crippen LogP) is 3.20. The maximum Gasteiger partial charge on any atom is 0.335 e. The van der Waals surface area contributed by atoms with Gasteiger partial charge in [0.1, 0.15) is 5.84 Å². The van der Waals surface area contributed by atoms with Gasteiger partial charge in [-0.1, -0.05) is 24.3 Å². The third kappa shape index (κ3) is 8.61. The molecule has 188 valence electrons. The zero-order valence-electron chi connectivity index (χ0n) is 19.3. The number of rotatable bonds is 8. The van der Waals surface area contributed by atoms with Crippen molar-refractivity contribution in [2.45, 2.75) is 26.2 Å². The van der Waals surface area contributed by atoms with Gasteiger partial charge in [0.2, 0.25) is 0 Å². The van der Waals surface area contributed by atoms with Crippen molar-refractivity contribution in [1.82, 2.24) is 10.2 Å². The van der Waals surface area contributed by atoms with Gasteiger partial charge in [-0.3, -0.25) is 10.8 Å². The number of hydrogen-bond acceptors (Lipinski definition) is 4. The Bertz CT molecular complexity index is 979. The van der Waals surface area contributed by atoms with Crippen LogP contribution < -0.4 is 11.1 Å². The summed E-state index contributed by atoms with van der Waals surface area (Å²) in [6, 6.07) is 12.7. The van der Waals surface area contributed by atoms with Crippen molar-refractivity contribution in [2.24, 2.45) is 11.7 Å². The zero-order valence-corrected chi connectivity index (χ0v) is 20.9. The van der Waals surface area contributed by atoms with E-state index in [-0.39, 0.29) is 41.7 Å². The number of carboxylic acids is 1. The van der Waals surface area contributed by atoms with Crippen LogP contribution in [0.1, 0.15) is 41.3 Å². The highest BCUT2D eigenvalue weighted by atomic mass is 35.5. The van der Waals surface area contributed by atoms with Gasteiger partial charge in [0.25, 0.3) is 0 Å². The summed E-state index contributed by atoms with van der Waals surface area (Å²) < 4.78 is 0. The van der Waals surface area contributed by atoms with E-state index < -0.39 is 5.97 Å². The van der Waals surface area contributed by atoms with E-state index >= 15 is 0 Å². The summed E-state index contributed by atoms with van der Waals surface area (Å²) in [4.78, 5) is 13.8. The number of aromatic carboxylic acids is 1. The topological polar surface area (TPSA) is 158 Å². The summed E-state index contributed by atoms with van der Waals surface area (Å²) in [5.74, 6) is 0.300. The molecular formula is C24H35Cl2N5O3. The molecule has 3 rings (SSSR count). The van der Waals surface area contributed by atoms with Gasteiger partial charge in [0.15, 0.2) is 0 Å². The maximum absolute atomic E-state index is 11.6. The molecule has 2 aromatic carbocycles. The lowest BCUT2D eigenvalue weighted by molar-refractivity contribution is 0.0696. The number of nitrogens with zero attached hydrogens (tertiary/aromatic N) is 1. The number of piperidine rings is 1. The number of nitrogens with two attached hydrogens (primary N) is 1. The summed E-state index contributed by atoms with van der Waals surface area (Å²) in [7, 11) is 0. The first-order valence-corrected chi connectivity index (χ1v) is 10.7. The van der Waals surface area contributed by atoms with Crippen LogP contribution in [0.2, 0.25) is 0 Å². The Labute approximate surface area is 213 Å². The van der Waals surface area contributed by atoms with Crippen molar-refractivity contribution in [3.05, 3.63) is 59.2 Å². The first-order valence-electron chi connectivity index (χ1n) is 10.7. The number of halogens is 2. The number of likely N-dealkylation sites (tertiary alicyclic amines) is 1. The molecule has 0 aliphatic carbocycles. The average molecular weight is 512 g/mol. The highest BCUT2D eigenvalue weighted by Crippen LogP contribution is 2.24. The molecule has 1 aliphatic heterocycles. The van der Waals surface area contributed by atoms with Crippen LogP contribution in [0.25, 0.3) is 11.1 Å². The first kappa shape index (κ1) is 31.4. The van der Waals surface area contributed by atoms with Crippen LogP contribution in [0.3, 0.4) is 0 Å². The summed E-state index contributed by atoms with van der Waals surface area (Å²) in [5, 5.41) is 28.4. The third-order valence-electron chi connectivity index (χ3n) is 5.86. The Morgan fingerprint density at radius 3 is 2.32 bits per heavy atom. The zero-order chi connectivity index (χ0) is 22.4. The van der Waals surface area contributed by atoms with Gasteiger partial charge >= 0.3 is 5.97 Å². The second kappa shape index (κ2) is 14.6. The number of carbonyl (C=O) groups is 1. The molecule has 0 amide bonds. The average Bonchev–Trinajstić information content (AvgIpc) is 2.77. The fourth-order valence-corrected chi connectivity index (χ4v) is 4.00. The number of benzene rings is 2. The molecule has 10 heteroatoms. The molecule has 0 saturated carbocycles. The lowest BCUT2D eigenvalue weighted by atomic mass is 9.96. The van der Waals surface area contributed by atoms with E-state index in [4.69, 9.17) is 16.6 Å². The molecule has 1 fully saturated rings. The van der Waals surface area contributed by atoms with Gasteiger partial charge < -0.3 is 26.5 Å². The van der Waals surface area contributed by atoms with Crippen molar-refractivity contribution in [2.75, 3.05) is 26.2 Å². The minimum Gasteiger partial charge on any atom is -0.478 e. The Hall–Kier alpha value is -2.65. The molecule has 0 unspecified atom stereocenters. The van der Waals surface area contributed by atoms with E-state index in [9.17, 15) is 9.90 Å². The predicted molar refractivity (Wildman–Crippen MR) is 142 cm³/mol. The van der Waals surface area contributed by atoms with Gasteiger partial charge in [-0.05, 0) is 80.1 Å². The van der Waals surface area contributed by atoms with Crippen molar-refractivity contribution >= 4 is 42.5 Å². The van der Waals surface area contributed by atoms with Crippen LogP contribution >= 0.6 is 24.8 Å². The van der Waals surface area contributed by atoms with Crippen molar-refractivity contribution in [1.29, 1.82) is 10.8 Å². The van der Waals surface area contributed by atoms with E-state index in [1.54, 1.807) is 18.2 Å². The van der Waals surface area contributed by atoms with Crippen LogP contribution in [0.15, 0.2) is 42.5 Å². The number of amidine groups is 2. The Kier molecular flexibility index (Phi) is 13.4. The van der Waals surface area contributed by atoms with E-state index in [1.165, 1.54) is 0 Å². The number of nitrogen functional groups attached to an aromatic ring is 1. The number of nitrogens with one attached hydrogen (secondary N) is 3. The minimum absolute atomic E-state index is 0. The molecule has 8 nitrogen and oxygen atoms in total. The molecule has 1 aliphatic rings. The van der Waals surface area contributed by atoms with Crippen LogP contribution in [0.4, 0.5) is 0 Å². The van der Waals surface area contributed by atoms with Gasteiger partial charge in [-0.15, -0.1) is 24.8 Å². The first-order chi connectivity index (χ1) is 14.8. The second-order valence-electron chi connectivity index (χ2n) is 8.19. The molecule has 2 aromatic rings. The Morgan fingerprint density at radius 1 is 1.09 bits per heavy atom. The standard InChI is InChI=1S/C24H31N5O2.2ClH.H2O/c1-16(25)29-9-6-17(7-10-29)15-28-8-5-18-11-21(14-22(12-18)24(30)31)19-3-2-4-20(13-19)23(26)27;;;/h2-4,11-14,17,25,28H,5-10,15H2,1H3,(H3,26,27)(H,30,31);2*1H;1H2. The second-order valence-corrected chi connectivity index (χ2v) is 8.19. The largest absolute Gasteiger partial charge is 0.478 e. The molecule has 0 atom stereocenters. The lowest BCUT2D eigenvalue weighted by Crippen LogP contribution is -2.39. The fourth-order valence-electron chi connectivity index (χ4n) is 4.00. The van der Waals surface area contributed by atoms with Crippen LogP contribution in [0.5, 0.6) is 0 Å². The molecule has 0 bridgehead atoms. The fraction of sp³-hybridized carbons (Fsp3) is 0.375.